The van der Waals surface area contributed by atoms with Gasteiger partial charge >= 0.3 is 0 Å². The lowest BCUT2D eigenvalue weighted by Gasteiger charge is -2.34. The van der Waals surface area contributed by atoms with Crippen molar-refractivity contribution in [3.63, 3.8) is 0 Å². The van der Waals surface area contributed by atoms with Gasteiger partial charge in [0.1, 0.15) is 0 Å². The van der Waals surface area contributed by atoms with Gasteiger partial charge in [-0.3, -0.25) is 9.69 Å². The molecule has 0 aliphatic heterocycles. The Hall–Kier alpha value is -0.740. The average Bonchev–Trinajstić information content (AvgIpc) is 2.27. The maximum absolute atomic E-state index is 11.6. The van der Waals surface area contributed by atoms with E-state index < -0.39 is 19.5 Å². The van der Waals surface area contributed by atoms with Gasteiger partial charge in [0.25, 0.3) is 5.91 Å². The quantitative estimate of drug-likeness (QED) is 0.517. The minimum absolute atomic E-state index is 0.0619. The summed E-state index contributed by atoms with van der Waals surface area (Å²) >= 11 is 0. The van der Waals surface area contributed by atoms with E-state index in [1.807, 2.05) is 26.8 Å². The van der Waals surface area contributed by atoms with E-state index in [0.717, 1.165) is 18.4 Å². The molecule has 0 aliphatic carbocycles. The van der Waals surface area contributed by atoms with Gasteiger partial charge in [0, 0.05) is 6.54 Å². The summed E-state index contributed by atoms with van der Waals surface area (Å²) in [5, 5.41) is 2.51. The van der Waals surface area contributed by atoms with Crippen LogP contribution in [0.25, 0.3) is 0 Å². The van der Waals surface area contributed by atoms with E-state index in [0.29, 0.717) is 0 Å². The maximum atomic E-state index is 11.6. The van der Waals surface area contributed by atoms with Crippen molar-refractivity contribution in [1.82, 2.24) is 5.32 Å². The first-order valence-corrected chi connectivity index (χ1v) is 8.43. The smallest absolute Gasteiger partial charge is 0.263 e. The Morgan fingerprint density at radius 3 is 2.35 bits per heavy atom. The molecule has 5 nitrogen and oxygen atoms in total. The van der Waals surface area contributed by atoms with E-state index in [4.69, 9.17) is 4.89 Å². The number of rotatable bonds is 8. The SMILES string of the molecule is CCC(C(=O)NC/C=C(\C)CCC=C(C)C)[P+]([O-])([O-])O. The second-order valence-electron chi connectivity index (χ2n) is 5.10. The molecule has 0 saturated heterocycles. The fourth-order valence-electron chi connectivity index (χ4n) is 1.70. The molecule has 0 spiro atoms. The zero-order valence-corrected chi connectivity index (χ0v) is 13.6. The Morgan fingerprint density at radius 1 is 1.30 bits per heavy atom. The van der Waals surface area contributed by atoms with Crippen LogP contribution >= 0.6 is 7.94 Å². The van der Waals surface area contributed by atoms with Gasteiger partial charge in [-0.1, -0.05) is 30.2 Å². The Morgan fingerprint density at radius 2 is 1.90 bits per heavy atom. The fraction of sp³-hybridized carbons (Fsp3) is 0.643. The summed E-state index contributed by atoms with van der Waals surface area (Å²) in [7, 11) is -4.62. The van der Waals surface area contributed by atoms with E-state index in [1.54, 1.807) is 6.92 Å². The summed E-state index contributed by atoms with van der Waals surface area (Å²) in [5.74, 6) is -0.651. The van der Waals surface area contributed by atoms with Crippen molar-refractivity contribution in [3.05, 3.63) is 23.3 Å². The van der Waals surface area contributed by atoms with Crippen molar-refractivity contribution in [2.45, 2.75) is 52.6 Å². The number of carbonyl (C=O) groups excluding carboxylic acids is 1. The van der Waals surface area contributed by atoms with Crippen LogP contribution < -0.4 is 15.1 Å². The fourth-order valence-corrected chi connectivity index (χ4v) is 2.55. The summed E-state index contributed by atoms with van der Waals surface area (Å²) in [5.41, 5.74) is 1.04. The molecule has 1 amide bonds. The summed E-state index contributed by atoms with van der Waals surface area (Å²) in [4.78, 5) is 42.6. The third-order valence-electron chi connectivity index (χ3n) is 2.90. The Balaban J connectivity index is 4.21. The van der Waals surface area contributed by atoms with Gasteiger partial charge in [-0.15, -0.1) is 0 Å². The van der Waals surface area contributed by atoms with Gasteiger partial charge in [0.15, 0.2) is 5.66 Å². The molecule has 0 bridgehead atoms. The molecule has 0 radical (unpaired) electrons. The lowest BCUT2D eigenvalue weighted by molar-refractivity contribution is -0.333. The average molecular weight is 302 g/mol. The van der Waals surface area contributed by atoms with Crippen molar-refractivity contribution in [3.8, 4) is 0 Å². The molecule has 20 heavy (non-hydrogen) atoms. The highest BCUT2D eigenvalue weighted by Gasteiger charge is 2.30. The molecule has 0 aliphatic rings. The molecule has 0 aromatic carbocycles. The van der Waals surface area contributed by atoms with Gasteiger partial charge in [-0.25, -0.2) is 0 Å². The first kappa shape index (κ1) is 19.3. The largest absolute Gasteiger partial charge is 0.659 e. The number of amides is 1. The number of allylic oxidation sites excluding steroid dienone is 3. The topological polar surface area (TPSA) is 95.5 Å². The van der Waals surface area contributed by atoms with E-state index in [1.165, 1.54) is 5.57 Å². The monoisotopic (exact) mass is 302 g/mol. The molecule has 0 saturated carbocycles. The van der Waals surface area contributed by atoms with Crippen molar-refractivity contribution in [2.75, 3.05) is 6.54 Å². The van der Waals surface area contributed by atoms with Gasteiger partial charge < -0.3 is 15.1 Å². The number of nitrogens with one attached hydrogen (secondary N) is 1. The number of hydrogen-bond donors (Lipinski definition) is 2. The molecule has 0 fully saturated rings. The summed E-state index contributed by atoms with van der Waals surface area (Å²) in [6, 6.07) is 0. The number of hydrogen-bond acceptors (Lipinski definition) is 4. The molecule has 1 unspecified atom stereocenters. The molecule has 0 rings (SSSR count). The van der Waals surface area contributed by atoms with E-state index in [9.17, 15) is 14.6 Å². The summed E-state index contributed by atoms with van der Waals surface area (Å²) in [6.07, 6.45) is 5.91. The molecule has 2 N–H and O–H groups in total. The first-order chi connectivity index (χ1) is 9.18. The van der Waals surface area contributed by atoms with Crippen LogP contribution in [0, 0.1) is 0 Å². The van der Waals surface area contributed by atoms with E-state index >= 15 is 0 Å². The molecule has 1 atom stereocenters. The second kappa shape index (κ2) is 9.24. The predicted octanol–water partition coefficient (Wildman–Crippen LogP) is 1.05. The molecular formula is C14H25NO4P-. The first-order valence-electron chi connectivity index (χ1n) is 6.78. The molecule has 0 aromatic rings. The number of carbonyl (C=O) groups is 1. The van der Waals surface area contributed by atoms with Crippen LogP contribution in [-0.4, -0.2) is 23.0 Å². The molecule has 0 aromatic heterocycles. The van der Waals surface area contributed by atoms with Crippen molar-refractivity contribution in [1.29, 1.82) is 0 Å². The highest BCUT2D eigenvalue weighted by Crippen LogP contribution is 2.42. The van der Waals surface area contributed by atoms with Gasteiger partial charge in [-0.2, -0.15) is 0 Å². The van der Waals surface area contributed by atoms with Crippen LogP contribution in [0.5, 0.6) is 0 Å². The zero-order valence-electron chi connectivity index (χ0n) is 12.7. The molecule has 116 valence electrons. The molecule has 0 heterocycles. The van der Waals surface area contributed by atoms with Crippen LogP contribution in [-0.2, 0) is 4.79 Å². The molecular weight excluding hydrogens is 277 g/mol. The van der Waals surface area contributed by atoms with Crippen molar-refractivity contribution in [2.24, 2.45) is 0 Å². The van der Waals surface area contributed by atoms with E-state index in [2.05, 4.69) is 11.4 Å². The standard InChI is InChI=1S/C14H26NO4P/c1-5-13(20(17,18)19)14(16)15-10-9-12(4)8-6-7-11(2)3/h7,9,13H,5-6,8,10H2,1-4H3,(H,15,16)(H2,17,18,19)/p-1/b12-9+. The normalized spacial score (nSPS) is 13.8. The van der Waals surface area contributed by atoms with E-state index in [-0.39, 0.29) is 13.0 Å². The van der Waals surface area contributed by atoms with Gasteiger partial charge in [-0.05, 0) is 40.0 Å². The van der Waals surface area contributed by atoms with Crippen LogP contribution in [0.2, 0.25) is 0 Å². The van der Waals surface area contributed by atoms with Gasteiger partial charge in [0.05, 0.1) is 7.94 Å². The highest BCUT2D eigenvalue weighted by atomic mass is 31.2. The third-order valence-corrected chi connectivity index (χ3v) is 4.29. The Kier molecular flexibility index (Phi) is 8.90. The maximum Gasteiger partial charge on any atom is 0.263 e. The van der Waals surface area contributed by atoms with Gasteiger partial charge in [0.2, 0.25) is 0 Å². The summed E-state index contributed by atoms with van der Waals surface area (Å²) < 4.78 is 0. The van der Waals surface area contributed by atoms with Crippen molar-refractivity contribution >= 4 is 13.9 Å². The Bertz CT molecular complexity index is 368. The summed E-state index contributed by atoms with van der Waals surface area (Å²) in [6.45, 7) is 7.87. The lowest BCUT2D eigenvalue weighted by atomic mass is 10.1. The highest BCUT2D eigenvalue weighted by molar-refractivity contribution is 7.57. The van der Waals surface area contributed by atoms with Crippen LogP contribution in [0.15, 0.2) is 23.3 Å². The van der Waals surface area contributed by atoms with Crippen LogP contribution in [0.4, 0.5) is 0 Å². The minimum Gasteiger partial charge on any atom is -0.659 e. The second-order valence-corrected chi connectivity index (χ2v) is 6.86. The molecule has 6 heteroatoms. The minimum atomic E-state index is -4.62. The van der Waals surface area contributed by atoms with Crippen molar-refractivity contribution < 1.29 is 19.5 Å². The van der Waals surface area contributed by atoms with Crippen LogP contribution in [0.3, 0.4) is 0 Å². The van der Waals surface area contributed by atoms with Crippen LogP contribution in [0.1, 0.15) is 47.0 Å². The Labute approximate surface area is 122 Å². The third kappa shape index (κ3) is 8.43. The zero-order chi connectivity index (χ0) is 15.8. The lowest BCUT2D eigenvalue weighted by Crippen LogP contribution is -2.43. The predicted molar refractivity (Wildman–Crippen MR) is 78.6 cm³/mol.